The van der Waals surface area contributed by atoms with Gasteiger partial charge in [0.05, 0.1) is 0 Å². The van der Waals surface area contributed by atoms with Crippen LogP contribution in [-0.2, 0) is 0 Å². The highest BCUT2D eigenvalue weighted by molar-refractivity contribution is 7.99. The molecule has 0 spiro atoms. The Balaban J connectivity index is 1.66. The van der Waals surface area contributed by atoms with Crippen LogP contribution in [0.15, 0.2) is 29.2 Å². The van der Waals surface area contributed by atoms with Crippen LogP contribution in [0.4, 0.5) is 0 Å². The summed E-state index contributed by atoms with van der Waals surface area (Å²) in [5.41, 5.74) is 1.57. The molecule has 0 saturated carbocycles. The first-order chi connectivity index (χ1) is 8.34. The van der Waals surface area contributed by atoms with Crippen molar-refractivity contribution in [2.45, 2.75) is 23.3 Å². The summed E-state index contributed by atoms with van der Waals surface area (Å²) in [5, 5.41) is 3.45. The summed E-state index contributed by atoms with van der Waals surface area (Å²) in [4.78, 5) is 4.04. The van der Waals surface area contributed by atoms with E-state index < -0.39 is 0 Å². The standard InChI is InChI=1S/C14H20N2S/c1-16(12-6-7-15-8-12)9-11-10-17-14-5-3-2-4-13(11)14/h2-5,11-12,15H,6-10H2,1H3. The lowest BCUT2D eigenvalue weighted by Gasteiger charge is -2.26. The zero-order valence-corrected chi connectivity index (χ0v) is 11.2. The van der Waals surface area contributed by atoms with Crippen LogP contribution in [0.1, 0.15) is 17.9 Å². The fourth-order valence-corrected chi connectivity index (χ4v) is 4.13. The SMILES string of the molecule is CN(CC1CSc2ccccc21)C1CCNC1. The van der Waals surface area contributed by atoms with Crippen molar-refractivity contribution in [2.24, 2.45) is 0 Å². The largest absolute Gasteiger partial charge is 0.315 e. The Morgan fingerprint density at radius 3 is 3.12 bits per heavy atom. The molecular formula is C14H20N2S. The lowest BCUT2D eigenvalue weighted by Crippen LogP contribution is -2.36. The lowest BCUT2D eigenvalue weighted by molar-refractivity contribution is 0.246. The third kappa shape index (κ3) is 2.37. The van der Waals surface area contributed by atoms with E-state index in [4.69, 9.17) is 0 Å². The Kier molecular flexibility index (Phi) is 3.41. The molecule has 1 aromatic carbocycles. The molecule has 2 atom stereocenters. The van der Waals surface area contributed by atoms with Gasteiger partial charge in [-0.2, -0.15) is 0 Å². The molecule has 0 aliphatic carbocycles. The third-order valence-electron chi connectivity index (χ3n) is 3.96. The monoisotopic (exact) mass is 248 g/mol. The Morgan fingerprint density at radius 1 is 1.41 bits per heavy atom. The number of rotatable bonds is 3. The minimum Gasteiger partial charge on any atom is -0.315 e. The van der Waals surface area contributed by atoms with Crippen LogP contribution in [0.2, 0.25) is 0 Å². The summed E-state index contributed by atoms with van der Waals surface area (Å²) in [5.74, 6) is 1.98. The van der Waals surface area contributed by atoms with Crippen LogP contribution in [0.3, 0.4) is 0 Å². The molecule has 2 unspecified atom stereocenters. The summed E-state index contributed by atoms with van der Waals surface area (Å²) in [6.07, 6.45) is 1.30. The highest BCUT2D eigenvalue weighted by atomic mass is 32.2. The Labute approximate surface area is 108 Å². The van der Waals surface area contributed by atoms with Gasteiger partial charge in [0.1, 0.15) is 0 Å². The minimum atomic E-state index is 0.724. The maximum absolute atomic E-state index is 3.45. The zero-order chi connectivity index (χ0) is 11.7. The molecule has 0 bridgehead atoms. The average Bonchev–Trinajstić information content (AvgIpc) is 2.98. The number of likely N-dealkylation sites (N-methyl/N-ethyl adjacent to an activating group) is 1. The fraction of sp³-hybridized carbons (Fsp3) is 0.571. The van der Waals surface area contributed by atoms with Gasteiger partial charge in [0.2, 0.25) is 0 Å². The van der Waals surface area contributed by atoms with Gasteiger partial charge in [0, 0.05) is 35.7 Å². The molecule has 1 N–H and O–H groups in total. The van der Waals surface area contributed by atoms with E-state index in [0.717, 1.165) is 18.5 Å². The number of fused-ring (bicyclic) bond motifs is 1. The highest BCUT2D eigenvalue weighted by Crippen LogP contribution is 2.39. The van der Waals surface area contributed by atoms with Gasteiger partial charge < -0.3 is 10.2 Å². The van der Waals surface area contributed by atoms with E-state index in [0.29, 0.717) is 0 Å². The normalized spacial score (nSPS) is 27.6. The van der Waals surface area contributed by atoms with Gasteiger partial charge in [-0.3, -0.25) is 0 Å². The van der Waals surface area contributed by atoms with Crippen LogP contribution in [-0.4, -0.2) is 43.4 Å². The molecule has 1 saturated heterocycles. The maximum Gasteiger partial charge on any atom is 0.0229 e. The second-order valence-electron chi connectivity index (χ2n) is 5.13. The molecular weight excluding hydrogens is 228 g/mol. The van der Waals surface area contributed by atoms with Crippen molar-refractivity contribution in [1.29, 1.82) is 0 Å². The molecule has 3 rings (SSSR count). The van der Waals surface area contributed by atoms with Crippen LogP contribution in [0, 0.1) is 0 Å². The molecule has 0 aromatic heterocycles. The van der Waals surface area contributed by atoms with E-state index in [9.17, 15) is 0 Å². The topological polar surface area (TPSA) is 15.3 Å². The second-order valence-corrected chi connectivity index (χ2v) is 6.19. The van der Waals surface area contributed by atoms with Gasteiger partial charge in [-0.15, -0.1) is 11.8 Å². The number of hydrogen-bond donors (Lipinski definition) is 1. The van der Waals surface area contributed by atoms with Gasteiger partial charge in [0.15, 0.2) is 0 Å². The summed E-state index contributed by atoms with van der Waals surface area (Å²) in [6, 6.07) is 9.64. The molecule has 17 heavy (non-hydrogen) atoms. The van der Waals surface area contributed by atoms with Gasteiger partial charge in [-0.25, -0.2) is 0 Å². The molecule has 0 radical (unpaired) electrons. The smallest absolute Gasteiger partial charge is 0.0229 e. The first-order valence-electron chi connectivity index (χ1n) is 6.47. The van der Waals surface area contributed by atoms with E-state index in [1.807, 2.05) is 11.8 Å². The molecule has 0 amide bonds. The first kappa shape index (κ1) is 11.6. The molecule has 2 aliphatic rings. The van der Waals surface area contributed by atoms with Gasteiger partial charge in [0.25, 0.3) is 0 Å². The number of thioether (sulfide) groups is 1. The van der Waals surface area contributed by atoms with E-state index in [1.54, 1.807) is 5.56 Å². The highest BCUT2D eigenvalue weighted by Gasteiger charge is 2.27. The van der Waals surface area contributed by atoms with Crippen LogP contribution < -0.4 is 5.32 Å². The molecule has 3 heteroatoms. The Bertz CT molecular complexity index is 388. The van der Waals surface area contributed by atoms with Crippen molar-refractivity contribution in [3.63, 3.8) is 0 Å². The fourth-order valence-electron chi connectivity index (χ4n) is 2.89. The van der Waals surface area contributed by atoms with E-state index in [1.165, 1.54) is 30.2 Å². The quantitative estimate of drug-likeness (QED) is 0.882. The van der Waals surface area contributed by atoms with E-state index >= 15 is 0 Å². The number of nitrogens with one attached hydrogen (secondary N) is 1. The molecule has 2 aliphatic heterocycles. The molecule has 1 fully saturated rings. The first-order valence-corrected chi connectivity index (χ1v) is 7.46. The average molecular weight is 248 g/mol. The lowest BCUT2D eigenvalue weighted by atomic mass is 10.0. The second kappa shape index (κ2) is 5.01. The third-order valence-corrected chi connectivity index (χ3v) is 5.22. The van der Waals surface area contributed by atoms with Crippen molar-refractivity contribution < 1.29 is 0 Å². The summed E-state index contributed by atoms with van der Waals surface area (Å²) < 4.78 is 0. The van der Waals surface area contributed by atoms with E-state index in [-0.39, 0.29) is 0 Å². The summed E-state index contributed by atoms with van der Waals surface area (Å²) >= 11 is 2.02. The van der Waals surface area contributed by atoms with Crippen LogP contribution in [0.5, 0.6) is 0 Å². The Morgan fingerprint density at radius 2 is 2.29 bits per heavy atom. The maximum atomic E-state index is 3.45. The summed E-state index contributed by atoms with van der Waals surface area (Å²) in [7, 11) is 2.28. The molecule has 1 aromatic rings. The van der Waals surface area contributed by atoms with Crippen molar-refractivity contribution in [3.8, 4) is 0 Å². The van der Waals surface area contributed by atoms with E-state index in [2.05, 4.69) is 41.5 Å². The Hall–Kier alpha value is -0.510. The number of nitrogens with zero attached hydrogens (tertiary/aromatic N) is 1. The number of benzene rings is 1. The minimum absolute atomic E-state index is 0.724. The van der Waals surface area contributed by atoms with Crippen molar-refractivity contribution in [2.75, 3.05) is 32.4 Å². The summed E-state index contributed by atoms with van der Waals surface area (Å²) in [6.45, 7) is 3.55. The van der Waals surface area contributed by atoms with Crippen LogP contribution in [0.25, 0.3) is 0 Å². The predicted octanol–water partition coefficient (Wildman–Crippen LogP) is 2.17. The molecule has 2 heterocycles. The van der Waals surface area contributed by atoms with Gasteiger partial charge in [-0.1, -0.05) is 18.2 Å². The van der Waals surface area contributed by atoms with Crippen molar-refractivity contribution in [3.05, 3.63) is 29.8 Å². The zero-order valence-electron chi connectivity index (χ0n) is 10.4. The van der Waals surface area contributed by atoms with Crippen LogP contribution >= 0.6 is 11.8 Å². The number of hydrogen-bond acceptors (Lipinski definition) is 3. The molecule has 2 nitrogen and oxygen atoms in total. The predicted molar refractivity (Wildman–Crippen MR) is 73.8 cm³/mol. The molecule has 92 valence electrons. The van der Waals surface area contributed by atoms with Crippen molar-refractivity contribution in [1.82, 2.24) is 10.2 Å². The van der Waals surface area contributed by atoms with Gasteiger partial charge in [-0.05, 0) is 31.6 Å². The van der Waals surface area contributed by atoms with Crippen molar-refractivity contribution >= 4 is 11.8 Å². The van der Waals surface area contributed by atoms with Gasteiger partial charge >= 0.3 is 0 Å².